The third-order valence-electron chi connectivity index (χ3n) is 3.13. The summed E-state index contributed by atoms with van der Waals surface area (Å²) in [4.78, 5) is 11.5. The number of hydrogen-bond donors (Lipinski definition) is 1. The van der Waals surface area contributed by atoms with Crippen LogP contribution in [0.25, 0.3) is 0 Å². The molecule has 3 heteroatoms. The van der Waals surface area contributed by atoms with Crippen molar-refractivity contribution in [3.8, 4) is 5.75 Å². The van der Waals surface area contributed by atoms with Crippen molar-refractivity contribution in [3.63, 3.8) is 0 Å². The number of para-hydroxylation sites is 1. The quantitative estimate of drug-likeness (QED) is 0.792. The van der Waals surface area contributed by atoms with E-state index < -0.39 is 11.4 Å². The third-order valence-corrected chi connectivity index (χ3v) is 3.13. The molecule has 0 radical (unpaired) electrons. The molecule has 0 saturated carbocycles. The average Bonchev–Trinajstić information content (AvgIpc) is 2.79. The van der Waals surface area contributed by atoms with Gasteiger partial charge in [0.05, 0.1) is 7.11 Å². The maximum absolute atomic E-state index is 11.5. The van der Waals surface area contributed by atoms with Gasteiger partial charge in [0.1, 0.15) is 11.2 Å². The number of ether oxygens (including phenoxy) is 1. The van der Waals surface area contributed by atoms with Gasteiger partial charge in [0.15, 0.2) is 0 Å². The van der Waals surface area contributed by atoms with E-state index in [1.165, 1.54) is 0 Å². The predicted molar refractivity (Wildman–Crippen MR) is 60.7 cm³/mol. The molecule has 1 aliphatic carbocycles. The topological polar surface area (TPSA) is 46.5 Å². The summed E-state index contributed by atoms with van der Waals surface area (Å²) in [5.41, 5.74) is -0.0814. The van der Waals surface area contributed by atoms with Gasteiger partial charge in [-0.05, 0) is 18.9 Å². The molecule has 0 spiro atoms. The number of rotatable bonds is 3. The van der Waals surface area contributed by atoms with E-state index in [9.17, 15) is 9.90 Å². The van der Waals surface area contributed by atoms with Crippen molar-refractivity contribution in [1.82, 2.24) is 0 Å². The molecule has 0 fully saturated rings. The van der Waals surface area contributed by atoms with E-state index in [-0.39, 0.29) is 0 Å². The number of aliphatic carboxylic acids is 1. The summed E-state index contributed by atoms with van der Waals surface area (Å²) < 4.78 is 5.24. The SMILES string of the molecule is COc1ccccc1C1(C(=O)O)CC=CC1. The molecule has 0 atom stereocenters. The van der Waals surface area contributed by atoms with Crippen LogP contribution in [0.2, 0.25) is 0 Å². The van der Waals surface area contributed by atoms with Crippen LogP contribution < -0.4 is 4.74 Å². The molecule has 1 aromatic rings. The standard InChI is InChI=1S/C13H14O3/c1-16-11-7-3-2-6-10(11)13(12(14)15)8-4-5-9-13/h2-7H,8-9H2,1H3,(H,14,15). The van der Waals surface area contributed by atoms with E-state index in [4.69, 9.17) is 4.74 Å². The summed E-state index contributed by atoms with van der Waals surface area (Å²) in [6.45, 7) is 0. The molecule has 0 amide bonds. The number of methoxy groups -OCH3 is 1. The Morgan fingerprint density at radius 1 is 1.31 bits per heavy atom. The average molecular weight is 218 g/mol. The number of carboxylic acids is 1. The molecule has 0 unspecified atom stereocenters. The van der Waals surface area contributed by atoms with Crippen LogP contribution in [0.4, 0.5) is 0 Å². The van der Waals surface area contributed by atoms with Crippen LogP contribution in [0, 0.1) is 0 Å². The molecule has 3 nitrogen and oxygen atoms in total. The van der Waals surface area contributed by atoms with Crippen molar-refractivity contribution >= 4 is 5.97 Å². The van der Waals surface area contributed by atoms with Crippen molar-refractivity contribution in [3.05, 3.63) is 42.0 Å². The third kappa shape index (κ3) is 1.48. The van der Waals surface area contributed by atoms with Crippen LogP contribution in [0.5, 0.6) is 5.75 Å². The zero-order valence-corrected chi connectivity index (χ0v) is 9.14. The molecule has 0 aliphatic heterocycles. The Labute approximate surface area is 94.4 Å². The fourth-order valence-electron chi connectivity index (χ4n) is 2.20. The first-order valence-electron chi connectivity index (χ1n) is 5.22. The minimum atomic E-state index is -0.841. The first-order chi connectivity index (χ1) is 7.70. The second-order valence-corrected chi connectivity index (χ2v) is 3.97. The lowest BCUT2D eigenvalue weighted by molar-refractivity contribution is -0.143. The predicted octanol–water partition coefficient (Wildman–Crippen LogP) is 2.37. The van der Waals surface area contributed by atoms with Crippen LogP contribution in [0.1, 0.15) is 18.4 Å². The highest BCUT2D eigenvalue weighted by Crippen LogP contribution is 2.41. The lowest BCUT2D eigenvalue weighted by Gasteiger charge is -2.26. The van der Waals surface area contributed by atoms with Gasteiger partial charge in [-0.3, -0.25) is 4.79 Å². The summed E-state index contributed by atoms with van der Waals surface area (Å²) in [5, 5.41) is 9.44. The second kappa shape index (κ2) is 4.00. The maximum Gasteiger partial charge on any atom is 0.314 e. The lowest BCUT2D eigenvalue weighted by atomic mass is 9.78. The van der Waals surface area contributed by atoms with E-state index in [0.717, 1.165) is 5.56 Å². The molecule has 16 heavy (non-hydrogen) atoms. The van der Waals surface area contributed by atoms with E-state index >= 15 is 0 Å². The van der Waals surface area contributed by atoms with Gasteiger partial charge >= 0.3 is 5.97 Å². The van der Waals surface area contributed by atoms with Crippen LogP contribution >= 0.6 is 0 Å². The zero-order valence-electron chi connectivity index (χ0n) is 9.14. The molecule has 1 aromatic carbocycles. The van der Waals surface area contributed by atoms with Gasteiger partial charge in [0.2, 0.25) is 0 Å². The Bertz CT molecular complexity index is 427. The maximum atomic E-state index is 11.5. The molecule has 1 N–H and O–H groups in total. The summed E-state index contributed by atoms with van der Waals surface area (Å²) >= 11 is 0. The smallest absolute Gasteiger partial charge is 0.314 e. The molecule has 0 heterocycles. The highest BCUT2D eigenvalue weighted by molar-refractivity contribution is 5.83. The largest absolute Gasteiger partial charge is 0.496 e. The van der Waals surface area contributed by atoms with Crippen LogP contribution in [-0.4, -0.2) is 18.2 Å². The summed E-state index contributed by atoms with van der Waals surface area (Å²) in [6.07, 6.45) is 4.90. The van der Waals surface area contributed by atoms with Gasteiger partial charge < -0.3 is 9.84 Å². The molecule has 1 aliphatic rings. The minimum Gasteiger partial charge on any atom is -0.496 e. The fourth-order valence-corrected chi connectivity index (χ4v) is 2.20. The fraction of sp³-hybridized carbons (Fsp3) is 0.308. The normalized spacial score (nSPS) is 17.3. The van der Waals surface area contributed by atoms with E-state index in [0.29, 0.717) is 18.6 Å². The summed E-state index contributed by atoms with van der Waals surface area (Å²) in [5.74, 6) is -0.143. The second-order valence-electron chi connectivity index (χ2n) is 3.97. The van der Waals surface area contributed by atoms with Crippen molar-refractivity contribution < 1.29 is 14.6 Å². The summed E-state index contributed by atoms with van der Waals surface area (Å²) in [6, 6.07) is 7.33. The minimum absolute atomic E-state index is 0.530. The van der Waals surface area contributed by atoms with E-state index in [2.05, 4.69) is 0 Å². The first kappa shape index (κ1) is 10.7. The Morgan fingerprint density at radius 3 is 2.50 bits per heavy atom. The van der Waals surface area contributed by atoms with Crippen molar-refractivity contribution in [2.24, 2.45) is 0 Å². The van der Waals surface area contributed by atoms with Gasteiger partial charge in [-0.15, -0.1) is 0 Å². The van der Waals surface area contributed by atoms with E-state index in [1.807, 2.05) is 30.4 Å². The number of carboxylic acid groups (broad SMARTS) is 1. The van der Waals surface area contributed by atoms with Crippen molar-refractivity contribution in [1.29, 1.82) is 0 Å². The monoisotopic (exact) mass is 218 g/mol. The van der Waals surface area contributed by atoms with Crippen LogP contribution in [-0.2, 0) is 10.2 Å². The number of allylic oxidation sites excluding steroid dienone is 2. The number of hydrogen-bond acceptors (Lipinski definition) is 2. The van der Waals surface area contributed by atoms with Gasteiger partial charge in [-0.1, -0.05) is 30.4 Å². The van der Waals surface area contributed by atoms with Crippen molar-refractivity contribution in [2.75, 3.05) is 7.11 Å². The van der Waals surface area contributed by atoms with Gasteiger partial charge in [0.25, 0.3) is 0 Å². The summed E-state index contributed by atoms with van der Waals surface area (Å²) in [7, 11) is 1.57. The number of benzene rings is 1. The van der Waals surface area contributed by atoms with Gasteiger partial charge in [-0.25, -0.2) is 0 Å². The lowest BCUT2D eigenvalue weighted by Crippen LogP contribution is -2.33. The van der Waals surface area contributed by atoms with Crippen molar-refractivity contribution in [2.45, 2.75) is 18.3 Å². The van der Waals surface area contributed by atoms with Crippen LogP contribution in [0.3, 0.4) is 0 Å². The zero-order chi connectivity index (χ0) is 11.6. The number of carbonyl (C=O) groups is 1. The highest BCUT2D eigenvalue weighted by Gasteiger charge is 2.42. The van der Waals surface area contributed by atoms with E-state index in [1.54, 1.807) is 13.2 Å². The van der Waals surface area contributed by atoms with Gasteiger partial charge in [-0.2, -0.15) is 0 Å². The molecular weight excluding hydrogens is 204 g/mol. The highest BCUT2D eigenvalue weighted by atomic mass is 16.5. The van der Waals surface area contributed by atoms with Gasteiger partial charge in [0, 0.05) is 5.56 Å². The first-order valence-corrected chi connectivity index (χ1v) is 5.22. The Kier molecular flexibility index (Phi) is 2.69. The van der Waals surface area contributed by atoms with Crippen LogP contribution in [0.15, 0.2) is 36.4 Å². The molecular formula is C13H14O3. The Morgan fingerprint density at radius 2 is 1.94 bits per heavy atom. The molecule has 0 bridgehead atoms. The molecule has 84 valence electrons. The molecule has 2 rings (SSSR count). The Balaban J connectivity index is 2.52. The molecule has 0 aromatic heterocycles. The molecule has 0 saturated heterocycles. The Hall–Kier alpha value is -1.77.